The van der Waals surface area contributed by atoms with Gasteiger partial charge in [0.2, 0.25) is 11.6 Å². The topological polar surface area (TPSA) is 178 Å². The number of rotatable bonds is 10. The summed E-state index contributed by atoms with van der Waals surface area (Å²) in [6.45, 7) is 0.617. The summed E-state index contributed by atoms with van der Waals surface area (Å²) in [5, 5.41) is 18.5. The maximum absolute atomic E-state index is 12.6. The monoisotopic (exact) mass is 628 g/mol. The van der Waals surface area contributed by atoms with Gasteiger partial charge in [-0.2, -0.15) is 0 Å². The van der Waals surface area contributed by atoms with Gasteiger partial charge in [-0.3, -0.25) is 9.59 Å². The first-order valence-corrected chi connectivity index (χ1v) is 12.9. The molecule has 2 aromatic heterocycles. The Hall–Kier alpha value is -4.27. The fourth-order valence-electron chi connectivity index (χ4n) is 4.00. The lowest BCUT2D eigenvalue weighted by atomic mass is 10.1. The molecule has 40 heavy (non-hydrogen) atoms. The van der Waals surface area contributed by atoms with Crippen LogP contribution in [0.5, 0.6) is 0 Å². The summed E-state index contributed by atoms with van der Waals surface area (Å²) < 4.78 is 1.00. The first kappa shape index (κ1) is 28.7. The van der Waals surface area contributed by atoms with Gasteiger partial charge in [0.15, 0.2) is 0 Å². The quantitative estimate of drug-likeness (QED) is 0.132. The lowest BCUT2D eigenvalue weighted by molar-refractivity contribution is -0.880. The fourth-order valence-corrected chi connectivity index (χ4v) is 4.49. The maximum atomic E-state index is 12.6. The Kier molecular flexibility index (Phi) is 8.52. The smallest absolute Gasteiger partial charge is 0.363 e. The number of hydrogen-bond donors (Lipinski definition) is 3. The van der Waals surface area contributed by atoms with Gasteiger partial charge in [-0.25, -0.2) is 15.0 Å². The summed E-state index contributed by atoms with van der Waals surface area (Å²) in [5.74, 6) is -0.735. The number of amides is 2. The van der Waals surface area contributed by atoms with Crippen LogP contribution in [0, 0.1) is 10.1 Å². The number of hydrogen-bond acceptors (Lipinski definition) is 9. The summed E-state index contributed by atoms with van der Waals surface area (Å²) in [5.41, 5.74) is 6.94. The molecule has 4 rings (SSSR count). The molecular weight excluding hydrogens is 606 g/mol. The van der Waals surface area contributed by atoms with E-state index in [-0.39, 0.29) is 29.0 Å². The molecule has 1 aliphatic heterocycles. The van der Waals surface area contributed by atoms with Crippen molar-refractivity contribution in [2.75, 3.05) is 37.8 Å². The van der Waals surface area contributed by atoms with Gasteiger partial charge in [0.1, 0.15) is 24.5 Å². The van der Waals surface area contributed by atoms with Crippen LogP contribution in [0.15, 0.2) is 69.8 Å². The molecule has 0 unspecified atom stereocenters. The van der Waals surface area contributed by atoms with Crippen LogP contribution in [-0.4, -0.2) is 69.1 Å². The number of aromatic nitrogens is 3. The molecule has 2 amide bonds. The van der Waals surface area contributed by atoms with Crippen LogP contribution in [0.25, 0.3) is 10.9 Å². The minimum atomic E-state index is -0.786. The minimum Gasteiger partial charge on any atom is -0.363 e. The molecule has 0 radical (unpaired) electrons. The molecular formula is C25H24BrClN9O4+. The predicted octanol–water partition coefficient (Wildman–Crippen LogP) is 3.57. The standard InChI is InChI=1S/C25H23BrClN9O4/c1-36(2,12-14-8-19(23(28)38)33-25(14)35(39)40)7-3-4-22(37)34-21-10-16-20(11-29-21)30-13-31-24(16)32-15-5-6-18(27)17(26)9-15/h3-6,9-11,13H,7-8,12H2,1-2H3,(H3-,28,29,30,31,32,33,34,37,38)/p+1/b4-3+. The Morgan fingerprint density at radius 2 is 2.02 bits per heavy atom. The number of anilines is 3. The number of benzene rings is 1. The third kappa shape index (κ3) is 7.02. The minimum absolute atomic E-state index is 0.0288. The van der Waals surface area contributed by atoms with Gasteiger partial charge < -0.3 is 31.0 Å². The zero-order valence-corrected chi connectivity index (χ0v) is 23.7. The molecule has 0 spiro atoms. The largest absolute Gasteiger partial charge is 0.369 e. The highest BCUT2D eigenvalue weighted by Crippen LogP contribution is 2.29. The number of nitro groups is 1. The average molecular weight is 630 g/mol. The second-order valence-corrected chi connectivity index (χ2v) is 10.8. The second-order valence-electron chi connectivity index (χ2n) is 9.51. The highest BCUT2D eigenvalue weighted by Gasteiger charge is 2.35. The summed E-state index contributed by atoms with van der Waals surface area (Å²) in [6.07, 6.45) is 5.99. The zero-order chi connectivity index (χ0) is 29.0. The Morgan fingerprint density at radius 1 is 1.25 bits per heavy atom. The Bertz CT molecular complexity index is 1620. The van der Waals surface area contributed by atoms with E-state index < -0.39 is 16.7 Å². The molecule has 0 aliphatic carbocycles. The van der Waals surface area contributed by atoms with E-state index in [1.54, 1.807) is 24.3 Å². The van der Waals surface area contributed by atoms with E-state index in [1.807, 2.05) is 20.2 Å². The van der Waals surface area contributed by atoms with E-state index in [0.29, 0.717) is 39.7 Å². The normalized spacial score (nSPS) is 13.6. The van der Waals surface area contributed by atoms with Gasteiger partial charge in [0.25, 0.3) is 5.91 Å². The number of pyridine rings is 1. The number of nitrogens with one attached hydrogen (secondary N) is 2. The molecule has 4 N–H and O–H groups in total. The maximum Gasteiger partial charge on any atom is 0.369 e. The van der Waals surface area contributed by atoms with Gasteiger partial charge in [0, 0.05) is 21.6 Å². The highest BCUT2D eigenvalue weighted by atomic mass is 79.9. The number of primary amides is 1. The first-order valence-electron chi connectivity index (χ1n) is 11.8. The van der Waals surface area contributed by atoms with Crippen LogP contribution >= 0.6 is 27.5 Å². The molecule has 13 nitrogen and oxygen atoms in total. The van der Waals surface area contributed by atoms with Crippen LogP contribution in [0.4, 0.5) is 17.3 Å². The Balaban J connectivity index is 1.41. The number of aliphatic imine (C=N–C) groups is 1. The van der Waals surface area contributed by atoms with E-state index >= 15 is 0 Å². The van der Waals surface area contributed by atoms with Gasteiger partial charge in [-0.1, -0.05) is 11.6 Å². The van der Waals surface area contributed by atoms with Crippen molar-refractivity contribution in [3.63, 3.8) is 0 Å². The van der Waals surface area contributed by atoms with E-state index in [2.05, 4.69) is 46.5 Å². The van der Waals surface area contributed by atoms with E-state index in [9.17, 15) is 19.7 Å². The van der Waals surface area contributed by atoms with Crippen molar-refractivity contribution < 1.29 is 19.0 Å². The molecule has 0 saturated heterocycles. The third-order valence-electron chi connectivity index (χ3n) is 5.84. The zero-order valence-electron chi connectivity index (χ0n) is 21.4. The van der Waals surface area contributed by atoms with Gasteiger partial charge >= 0.3 is 5.82 Å². The molecule has 0 atom stereocenters. The van der Waals surface area contributed by atoms with Crippen molar-refractivity contribution in [2.24, 2.45) is 10.7 Å². The fraction of sp³-hybridized carbons (Fsp3) is 0.200. The predicted molar refractivity (Wildman–Crippen MR) is 155 cm³/mol. The number of likely N-dealkylation sites (N-methyl/N-ethyl adjacent to an activating group) is 1. The first-order chi connectivity index (χ1) is 18.9. The van der Waals surface area contributed by atoms with E-state index in [0.717, 1.165) is 10.2 Å². The Labute approximate surface area is 241 Å². The van der Waals surface area contributed by atoms with Crippen molar-refractivity contribution >= 4 is 73.3 Å². The second kappa shape index (κ2) is 11.9. The molecule has 0 bridgehead atoms. The average Bonchev–Trinajstić information content (AvgIpc) is 3.30. The molecule has 15 heteroatoms. The van der Waals surface area contributed by atoms with Crippen LogP contribution in [0.2, 0.25) is 5.02 Å². The van der Waals surface area contributed by atoms with Crippen molar-refractivity contribution in [2.45, 2.75) is 6.42 Å². The number of carbonyl (C=O) groups excluding carboxylic acids is 2. The van der Waals surface area contributed by atoms with Crippen LogP contribution < -0.4 is 16.4 Å². The SMILES string of the molecule is C[N+](C)(C/C=C/C(=O)Nc1cc2c(Nc3ccc(Cl)c(Br)c3)ncnc2cn1)CC1=C([N+](=O)[O-])N=C(C(N)=O)C1. The molecule has 1 aromatic carbocycles. The van der Waals surface area contributed by atoms with Gasteiger partial charge in [-0.15, -0.1) is 0 Å². The van der Waals surface area contributed by atoms with E-state index in [4.69, 9.17) is 17.3 Å². The summed E-state index contributed by atoms with van der Waals surface area (Å²) in [4.78, 5) is 51.4. The summed E-state index contributed by atoms with van der Waals surface area (Å²) >= 11 is 9.47. The number of nitrogens with two attached hydrogens (primary N) is 1. The molecule has 0 saturated carbocycles. The number of quaternary nitrogens is 1. The molecule has 1 aliphatic rings. The lowest BCUT2D eigenvalue weighted by Crippen LogP contribution is -2.41. The van der Waals surface area contributed by atoms with Crippen molar-refractivity contribution in [1.29, 1.82) is 0 Å². The van der Waals surface area contributed by atoms with Gasteiger partial charge in [0.05, 0.1) is 49.4 Å². The number of fused-ring (bicyclic) bond motifs is 1. The third-order valence-corrected chi connectivity index (χ3v) is 7.05. The molecule has 206 valence electrons. The number of halogens is 2. The van der Waals surface area contributed by atoms with Crippen LogP contribution in [-0.2, 0) is 9.59 Å². The molecule has 3 aromatic rings. The highest BCUT2D eigenvalue weighted by molar-refractivity contribution is 9.10. The van der Waals surface area contributed by atoms with Crippen LogP contribution in [0.1, 0.15) is 6.42 Å². The summed E-state index contributed by atoms with van der Waals surface area (Å²) in [7, 11) is 3.68. The molecule has 0 fully saturated rings. The Morgan fingerprint density at radius 3 is 2.73 bits per heavy atom. The summed E-state index contributed by atoms with van der Waals surface area (Å²) in [6, 6.07) is 7.03. The van der Waals surface area contributed by atoms with Crippen molar-refractivity contribution in [3.8, 4) is 0 Å². The van der Waals surface area contributed by atoms with Gasteiger partial charge in [-0.05, 0) is 56.2 Å². The lowest BCUT2D eigenvalue weighted by Gasteiger charge is -2.28. The number of nitrogens with zero attached hydrogens (tertiary/aromatic N) is 6. The molecule has 3 heterocycles. The van der Waals surface area contributed by atoms with Crippen LogP contribution in [0.3, 0.4) is 0 Å². The number of carbonyl (C=O) groups is 2. The van der Waals surface area contributed by atoms with Crippen molar-refractivity contribution in [3.05, 3.63) is 79.9 Å². The van der Waals surface area contributed by atoms with Crippen molar-refractivity contribution in [1.82, 2.24) is 15.0 Å². The van der Waals surface area contributed by atoms with E-state index in [1.165, 1.54) is 18.6 Å².